The maximum Gasteiger partial charge on any atom is 0.220 e. The molecule has 0 bridgehead atoms. The molecule has 30 heavy (non-hydrogen) atoms. The number of morpholine rings is 1. The van der Waals surface area contributed by atoms with Crippen LogP contribution in [0.1, 0.15) is 51.5 Å². The maximum absolute atomic E-state index is 12.5. The fourth-order valence-corrected chi connectivity index (χ4v) is 5.62. The number of carbonyl (C=O) groups is 1. The van der Waals surface area contributed by atoms with Gasteiger partial charge >= 0.3 is 0 Å². The molecule has 8 heteroatoms. The molecule has 3 rings (SSSR count). The minimum atomic E-state index is -3.41. The number of hydrogen-bond acceptors (Lipinski definition) is 5. The molecule has 1 aromatic rings. The van der Waals surface area contributed by atoms with Gasteiger partial charge in [-0.1, -0.05) is 12.1 Å². The highest BCUT2D eigenvalue weighted by Gasteiger charge is 2.30. The van der Waals surface area contributed by atoms with Crippen molar-refractivity contribution < 1.29 is 22.7 Å². The van der Waals surface area contributed by atoms with E-state index < -0.39 is 10.0 Å². The molecule has 1 aliphatic heterocycles. The summed E-state index contributed by atoms with van der Waals surface area (Å²) < 4.78 is 38.1. The first-order valence-electron chi connectivity index (χ1n) is 11.0. The van der Waals surface area contributed by atoms with Gasteiger partial charge in [-0.25, -0.2) is 8.42 Å². The number of rotatable bonds is 9. The molecule has 1 heterocycles. The topological polar surface area (TPSA) is 84.9 Å². The number of nitrogens with one attached hydrogen (secondary N) is 1. The summed E-state index contributed by atoms with van der Waals surface area (Å²) in [7, 11) is -3.41. The van der Waals surface area contributed by atoms with Crippen LogP contribution in [0, 0.1) is 0 Å². The Kier molecular flexibility index (Phi) is 8.13. The van der Waals surface area contributed by atoms with Gasteiger partial charge in [0.05, 0.1) is 24.1 Å². The fourth-order valence-electron chi connectivity index (χ4n) is 4.13. The Morgan fingerprint density at radius 1 is 1.20 bits per heavy atom. The van der Waals surface area contributed by atoms with Gasteiger partial charge in [0, 0.05) is 26.1 Å². The first-order valence-corrected chi connectivity index (χ1v) is 12.6. The zero-order chi connectivity index (χ0) is 21.6. The number of sulfonamides is 1. The monoisotopic (exact) mass is 438 g/mol. The first kappa shape index (κ1) is 23.0. The lowest BCUT2D eigenvalue weighted by atomic mass is 10.1. The molecule has 1 aliphatic carbocycles. The maximum atomic E-state index is 12.5. The van der Waals surface area contributed by atoms with Crippen LogP contribution >= 0.6 is 0 Å². The SMILES string of the molecule is CC1CN(S(=O)(=O)CCNC(=O)CCc2cccc(OC3CCCC3)c2)CC(C)O1. The Balaban J connectivity index is 1.39. The summed E-state index contributed by atoms with van der Waals surface area (Å²) in [5.41, 5.74) is 1.05. The summed E-state index contributed by atoms with van der Waals surface area (Å²) in [6, 6.07) is 7.89. The van der Waals surface area contributed by atoms with Crippen LogP contribution in [-0.2, 0) is 26.0 Å². The van der Waals surface area contributed by atoms with Gasteiger partial charge in [-0.05, 0) is 63.6 Å². The Bertz CT molecular complexity index is 798. The van der Waals surface area contributed by atoms with Crippen molar-refractivity contribution in [3.8, 4) is 5.75 Å². The van der Waals surface area contributed by atoms with Crippen molar-refractivity contribution in [1.29, 1.82) is 0 Å². The van der Waals surface area contributed by atoms with Gasteiger partial charge in [-0.2, -0.15) is 4.31 Å². The van der Waals surface area contributed by atoms with Gasteiger partial charge in [0.25, 0.3) is 0 Å². The Hall–Kier alpha value is -1.64. The predicted octanol–water partition coefficient (Wildman–Crippen LogP) is 2.50. The van der Waals surface area contributed by atoms with Crippen molar-refractivity contribution in [1.82, 2.24) is 9.62 Å². The zero-order valence-electron chi connectivity index (χ0n) is 18.0. The third kappa shape index (κ3) is 6.96. The molecule has 2 fully saturated rings. The highest BCUT2D eigenvalue weighted by Crippen LogP contribution is 2.24. The molecule has 168 valence electrons. The normalized spacial score (nSPS) is 23.4. The average molecular weight is 439 g/mol. The summed E-state index contributed by atoms with van der Waals surface area (Å²) >= 11 is 0. The van der Waals surface area contributed by atoms with Crippen molar-refractivity contribution in [3.63, 3.8) is 0 Å². The standard InChI is InChI=1S/C22H34N2O5S/c1-17-15-24(16-18(2)28-17)30(26,27)13-12-23-22(25)11-10-19-6-5-9-21(14-19)29-20-7-3-4-8-20/h5-6,9,14,17-18,20H,3-4,7-8,10-13,15-16H2,1-2H3,(H,23,25). The smallest absolute Gasteiger partial charge is 0.220 e. The molecule has 1 aromatic carbocycles. The van der Waals surface area contributed by atoms with E-state index in [2.05, 4.69) is 5.32 Å². The highest BCUT2D eigenvalue weighted by atomic mass is 32.2. The molecule has 2 atom stereocenters. The van der Waals surface area contributed by atoms with Gasteiger partial charge in [-0.15, -0.1) is 0 Å². The third-order valence-electron chi connectivity index (χ3n) is 5.61. The molecule has 0 radical (unpaired) electrons. The lowest BCUT2D eigenvalue weighted by Crippen LogP contribution is -2.49. The summed E-state index contributed by atoms with van der Waals surface area (Å²) in [5, 5.41) is 2.74. The number of amides is 1. The minimum absolute atomic E-state index is 0.0944. The second-order valence-electron chi connectivity index (χ2n) is 8.41. The summed E-state index contributed by atoms with van der Waals surface area (Å²) in [6.45, 7) is 4.58. The second kappa shape index (κ2) is 10.6. The van der Waals surface area contributed by atoms with Crippen LogP contribution in [0.4, 0.5) is 0 Å². The van der Waals surface area contributed by atoms with Crippen molar-refractivity contribution in [2.45, 2.75) is 70.7 Å². The van der Waals surface area contributed by atoms with Crippen LogP contribution < -0.4 is 10.1 Å². The molecule has 0 aromatic heterocycles. The highest BCUT2D eigenvalue weighted by molar-refractivity contribution is 7.89. The van der Waals surface area contributed by atoms with E-state index in [0.717, 1.165) is 24.2 Å². The van der Waals surface area contributed by atoms with E-state index >= 15 is 0 Å². The molecule has 1 saturated carbocycles. The van der Waals surface area contributed by atoms with Gasteiger partial charge in [0.2, 0.25) is 15.9 Å². The molecule has 2 aliphatic rings. The van der Waals surface area contributed by atoms with Gasteiger partial charge < -0.3 is 14.8 Å². The first-order chi connectivity index (χ1) is 14.3. The van der Waals surface area contributed by atoms with Crippen LogP contribution in [0.3, 0.4) is 0 Å². The number of ether oxygens (including phenoxy) is 2. The van der Waals surface area contributed by atoms with Crippen molar-refractivity contribution in [2.75, 3.05) is 25.4 Å². The van der Waals surface area contributed by atoms with E-state index in [4.69, 9.17) is 9.47 Å². The minimum Gasteiger partial charge on any atom is -0.490 e. The molecule has 1 amide bonds. The Labute approximate surface area is 180 Å². The van der Waals surface area contributed by atoms with Gasteiger partial charge in [0.15, 0.2) is 0 Å². The number of benzene rings is 1. The molecular weight excluding hydrogens is 404 g/mol. The van der Waals surface area contributed by atoms with E-state index in [9.17, 15) is 13.2 Å². The lowest BCUT2D eigenvalue weighted by molar-refractivity contribution is -0.120. The van der Waals surface area contributed by atoms with Crippen molar-refractivity contribution in [2.24, 2.45) is 0 Å². The third-order valence-corrected chi connectivity index (χ3v) is 7.41. The quantitative estimate of drug-likeness (QED) is 0.640. The summed E-state index contributed by atoms with van der Waals surface area (Å²) in [4.78, 5) is 12.2. The van der Waals surface area contributed by atoms with Crippen LogP contribution in [0.15, 0.2) is 24.3 Å². The van der Waals surface area contributed by atoms with E-state index in [-0.39, 0.29) is 30.4 Å². The van der Waals surface area contributed by atoms with Gasteiger partial charge in [-0.3, -0.25) is 4.79 Å². The molecule has 1 N–H and O–H groups in total. The van der Waals surface area contributed by atoms with Crippen LogP contribution in [0.2, 0.25) is 0 Å². The fraction of sp³-hybridized carbons (Fsp3) is 0.682. The molecule has 0 spiro atoms. The van der Waals surface area contributed by atoms with Crippen molar-refractivity contribution in [3.05, 3.63) is 29.8 Å². The van der Waals surface area contributed by atoms with E-state index in [0.29, 0.717) is 32.0 Å². The van der Waals surface area contributed by atoms with Crippen molar-refractivity contribution >= 4 is 15.9 Å². The second-order valence-corrected chi connectivity index (χ2v) is 10.5. The summed E-state index contributed by atoms with van der Waals surface area (Å²) in [6.07, 6.45) is 5.65. The Morgan fingerprint density at radius 3 is 2.60 bits per heavy atom. The van der Waals surface area contributed by atoms with E-state index in [1.807, 2.05) is 38.1 Å². The lowest BCUT2D eigenvalue weighted by Gasteiger charge is -2.34. The summed E-state index contributed by atoms with van der Waals surface area (Å²) in [5.74, 6) is 0.624. The number of hydrogen-bond donors (Lipinski definition) is 1. The Morgan fingerprint density at radius 2 is 1.90 bits per heavy atom. The van der Waals surface area contributed by atoms with E-state index in [1.165, 1.54) is 17.1 Å². The molecule has 2 unspecified atom stereocenters. The zero-order valence-corrected chi connectivity index (χ0v) is 18.8. The number of aryl methyl sites for hydroxylation is 1. The van der Waals surface area contributed by atoms with Gasteiger partial charge in [0.1, 0.15) is 5.75 Å². The molecule has 1 saturated heterocycles. The molecular formula is C22H34N2O5S. The van der Waals surface area contributed by atoms with Crippen LogP contribution in [0.25, 0.3) is 0 Å². The number of carbonyl (C=O) groups excluding carboxylic acids is 1. The van der Waals surface area contributed by atoms with Crippen LogP contribution in [0.5, 0.6) is 5.75 Å². The number of nitrogens with zero attached hydrogens (tertiary/aromatic N) is 1. The molecule has 7 nitrogen and oxygen atoms in total. The van der Waals surface area contributed by atoms with E-state index in [1.54, 1.807) is 0 Å². The van der Waals surface area contributed by atoms with Crippen LogP contribution in [-0.4, -0.2) is 62.3 Å². The predicted molar refractivity (Wildman–Crippen MR) is 116 cm³/mol. The average Bonchev–Trinajstić information content (AvgIpc) is 3.19. The largest absolute Gasteiger partial charge is 0.490 e.